The van der Waals surface area contributed by atoms with Gasteiger partial charge < -0.3 is 0 Å². The standard InChI is InChI=1S/C12H25N3O/c1-9-5-6-10(2)15(7-9)8-12(3,4)11(16)14-13/h9-10H,5-8,13H2,1-4H3,(H,14,16). The van der Waals surface area contributed by atoms with Gasteiger partial charge in [0.2, 0.25) is 5.91 Å². The Hall–Kier alpha value is -0.610. The van der Waals surface area contributed by atoms with Gasteiger partial charge in [-0.25, -0.2) is 5.84 Å². The SMILES string of the molecule is CC1CCC(C)N(CC(C)(C)C(=O)NN)C1. The van der Waals surface area contributed by atoms with Gasteiger partial charge in [0.1, 0.15) is 0 Å². The molecule has 16 heavy (non-hydrogen) atoms. The van der Waals surface area contributed by atoms with E-state index in [9.17, 15) is 4.79 Å². The Labute approximate surface area is 98.5 Å². The molecule has 0 radical (unpaired) electrons. The minimum Gasteiger partial charge on any atom is -0.299 e. The summed E-state index contributed by atoms with van der Waals surface area (Å²) in [6.07, 6.45) is 2.52. The van der Waals surface area contributed by atoms with Gasteiger partial charge in [-0.05, 0) is 39.5 Å². The molecule has 4 nitrogen and oxygen atoms in total. The molecular formula is C12H25N3O. The van der Waals surface area contributed by atoms with Gasteiger partial charge in [-0.2, -0.15) is 0 Å². The van der Waals surface area contributed by atoms with Crippen LogP contribution in [0, 0.1) is 11.3 Å². The third-order valence-corrected chi connectivity index (χ3v) is 3.59. The predicted octanol–water partition coefficient (Wildman–Crippen LogP) is 1.12. The number of rotatable bonds is 3. The Morgan fingerprint density at radius 1 is 1.44 bits per heavy atom. The first kappa shape index (κ1) is 13.5. The van der Waals surface area contributed by atoms with Gasteiger partial charge >= 0.3 is 0 Å². The summed E-state index contributed by atoms with van der Waals surface area (Å²) in [6.45, 7) is 10.3. The number of hydrogen-bond acceptors (Lipinski definition) is 3. The second kappa shape index (κ2) is 5.15. The Morgan fingerprint density at radius 3 is 2.62 bits per heavy atom. The first-order chi connectivity index (χ1) is 7.36. The van der Waals surface area contributed by atoms with E-state index in [1.807, 2.05) is 13.8 Å². The van der Waals surface area contributed by atoms with E-state index >= 15 is 0 Å². The second-order valence-corrected chi connectivity index (χ2v) is 5.82. The first-order valence-corrected chi connectivity index (χ1v) is 6.12. The molecule has 0 aromatic carbocycles. The predicted molar refractivity (Wildman–Crippen MR) is 65.5 cm³/mol. The summed E-state index contributed by atoms with van der Waals surface area (Å²) in [7, 11) is 0. The molecule has 0 saturated carbocycles. The third kappa shape index (κ3) is 3.19. The number of nitrogens with zero attached hydrogens (tertiary/aromatic N) is 1. The summed E-state index contributed by atoms with van der Waals surface area (Å²) >= 11 is 0. The molecule has 4 heteroatoms. The maximum absolute atomic E-state index is 11.6. The normalized spacial score (nSPS) is 27.8. The fraction of sp³-hybridized carbons (Fsp3) is 0.917. The van der Waals surface area contributed by atoms with Gasteiger partial charge in [0.05, 0.1) is 5.41 Å². The number of likely N-dealkylation sites (tertiary alicyclic amines) is 1. The lowest BCUT2D eigenvalue weighted by molar-refractivity contribution is -0.131. The average Bonchev–Trinajstić information content (AvgIpc) is 2.22. The number of carbonyl (C=O) groups is 1. The van der Waals surface area contributed by atoms with E-state index in [-0.39, 0.29) is 5.91 Å². The van der Waals surface area contributed by atoms with Crippen molar-refractivity contribution in [1.82, 2.24) is 10.3 Å². The van der Waals surface area contributed by atoms with E-state index in [0.717, 1.165) is 19.0 Å². The van der Waals surface area contributed by atoms with Gasteiger partial charge in [-0.1, -0.05) is 6.92 Å². The molecule has 1 heterocycles. The summed E-state index contributed by atoms with van der Waals surface area (Å²) in [6, 6.07) is 0.570. The van der Waals surface area contributed by atoms with Gasteiger partial charge in [-0.15, -0.1) is 0 Å². The lowest BCUT2D eigenvalue weighted by atomic mass is 9.88. The fourth-order valence-corrected chi connectivity index (χ4v) is 2.38. The van der Waals surface area contributed by atoms with Crippen molar-refractivity contribution in [1.29, 1.82) is 0 Å². The van der Waals surface area contributed by atoms with Crippen LogP contribution >= 0.6 is 0 Å². The van der Waals surface area contributed by atoms with Gasteiger partial charge in [-0.3, -0.25) is 15.1 Å². The van der Waals surface area contributed by atoms with Gasteiger partial charge in [0.25, 0.3) is 0 Å². The fourth-order valence-electron chi connectivity index (χ4n) is 2.38. The number of nitrogens with one attached hydrogen (secondary N) is 1. The molecule has 0 aliphatic carbocycles. The van der Waals surface area contributed by atoms with Crippen LogP contribution in [0.5, 0.6) is 0 Å². The number of piperidine rings is 1. The average molecular weight is 227 g/mol. The van der Waals surface area contributed by atoms with Crippen molar-refractivity contribution in [2.24, 2.45) is 17.2 Å². The summed E-state index contributed by atoms with van der Waals surface area (Å²) in [5.41, 5.74) is 1.84. The molecule has 1 aliphatic heterocycles. The molecule has 2 unspecified atom stereocenters. The van der Waals surface area contributed by atoms with Crippen molar-refractivity contribution < 1.29 is 4.79 Å². The molecule has 1 rings (SSSR count). The van der Waals surface area contributed by atoms with Crippen molar-refractivity contribution in [3.63, 3.8) is 0 Å². The monoisotopic (exact) mass is 227 g/mol. The Morgan fingerprint density at radius 2 is 2.06 bits per heavy atom. The molecule has 2 atom stereocenters. The molecule has 1 aliphatic rings. The Balaban J connectivity index is 2.60. The van der Waals surface area contributed by atoms with E-state index in [4.69, 9.17) is 5.84 Å². The number of nitrogens with two attached hydrogens (primary N) is 1. The molecule has 0 spiro atoms. The number of amides is 1. The first-order valence-electron chi connectivity index (χ1n) is 6.12. The number of hydrazine groups is 1. The molecule has 0 bridgehead atoms. The van der Waals surface area contributed by atoms with Crippen LogP contribution in [0.3, 0.4) is 0 Å². The lowest BCUT2D eigenvalue weighted by Gasteiger charge is -2.40. The Bertz CT molecular complexity index is 253. The van der Waals surface area contributed by atoms with Crippen LogP contribution in [0.15, 0.2) is 0 Å². The number of carbonyl (C=O) groups excluding carboxylic acids is 1. The summed E-state index contributed by atoms with van der Waals surface area (Å²) < 4.78 is 0. The van der Waals surface area contributed by atoms with Gasteiger partial charge in [0.15, 0.2) is 0 Å². The van der Waals surface area contributed by atoms with Crippen LogP contribution in [0.25, 0.3) is 0 Å². The van der Waals surface area contributed by atoms with Crippen LogP contribution in [0.1, 0.15) is 40.5 Å². The zero-order chi connectivity index (χ0) is 12.3. The third-order valence-electron chi connectivity index (χ3n) is 3.59. The topological polar surface area (TPSA) is 58.4 Å². The molecule has 0 aromatic rings. The number of hydrogen-bond donors (Lipinski definition) is 2. The molecule has 1 amide bonds. The van der Waals surface area contributed by atoms with Gasteiger partial charge in [0, 0.05) is 19.1 Å². The molecule has 1 fully saturated rings. The molecule has 1 saturated heterocycles. The van der Waals surface area contributed by atoms with Crippen LogP contribution in [0.2, 0.25) is 0 Å². The smallest absolute Gasteiger partial charge is 0.240 e. The minimum absolute atomic E-state index is 0.0853. The van der Waals surface area contributed by atoms with Crippen molar-refractivity contribution in [3.05, 3.63) is 0 Å². The molecule has 3 N–H and O–H groups in total. The van der Waals surface area contributed by atoms with E-state index in [0.29, 0.717) is 6.04 Å². The highest BCUT2D eigenvalue weighted by molar-refractivity contribution is 5.81. The van der Waals surface area contributed by atoms with Crippen molar-refractivity contribution in [3.8, 4) is 0 Å². The van der Waals surface area contributed by atoms with Crippen molar-refractivity contribution >= 4 is 5.91 Å². The highest BCUT2D eigenvalue weighted by Crippen LogP contribution is 2.26. The van der Waals surface area contributed by atoms with Crippen LogP contribution in [-0.4, -0.2) is 29.9 Å². The zero-order valence-corrected chi connectivity index (χ0v) is 10.9. The van der Waals surface area contributed by atoms with Crippen molar-refractivity contribution in [2.75, 3.05) is 13.1 Å². The lowest BCUT2D eigenvalue weighted by Crippen LogP contribution is -2.51. The highest BCUT2D eigenvalue weighted by atomic mass is 16.2. The van der Waals surface area contributed by atoms with Crippen molar-refractivity contribution in [2.45, 2.75) is 46.6 Å². The van der Waals surface area contributed by atoms with E-state index in [1.54, 1.807) is 0 Å². The summed E-state index contributed by atoms with van der Waals surface area (Å²) in [5.74, 6) is 5.85. The van der Waals surface area contributed by atoms with Crippen LogP contribution < -0.4 is 11.3 Å². The van der Waals surface area contributed by atoms with Crippen LogP contribution in [0.4, 0.5) is 0 Å². The Kier molecular flexibility index (Phi) is 4.33. The van der Waals surface area contributed by atoms with Crippen LogP contribution in [-0.2, 0) is 4.79 Å². The second-order valence-electron chi connectivity index (χ2n) is 5.82. The summed E-state index contributed by atoms with van der Waals surface area (Å²) in [4.78, 5) is 14.0. The maximum atomic E-state index is 11.6. The largest absolute Gasteiger partial charge is 0.299 e. The minimum atomic E-state index is -0.417. The summed E-state index contributed by atoms with van der Waals surface area (Å²) in [5, 5.41) is 0. The highest BCUT2D eigenvalue weighted by Gasteiger charge is 2.33. The van der Waals surface area contributed by atoms with E-state index in [2.05, 4.69) is 24.2 Å². The zero-order valence-electron chi connectivity index (χ0n) is 10.9. The molecule has 0 aromatic heterocycles. The quantitative estimate of drug-likeness (QED) is 0.431. The van der Waals surface area contributed by atoms with E-state index in [1.165, 1.54) is 12.8 Å². The molecular weight excluding hydrogens is 202 g/mol. The van der Waals surface area contributed by atoms with E-state index < -0.39 is 5.41 Å². The molecule has 94 valence electrons. The maximum Gasteiger partial charge on any atom is 0.240 e.